The molecule has 0 aromatic heterocycles. The molecule has 1 heterocycles. The number of amides is 1. The second-order valence-electron chi connectivity index (χ2n) is 5.19. The number of nitrogens with one attached hydrogen (secondary N) is 1. The van der Waals surface area contributed by atoms with Crippen molar-refractivity contribution >= 4 is 15.9 Å². The van der Waals surface area contributed by atoms with Gasteiger partial charge in [-0.05, 0) is 39.1 Å². The van der Waals surface area contributed by atoms with E-state index in [1.165, 1.54) is 19.2 Å². The lowest BCUT2D eigenvalue weighted by Gasteiger charge is -2.36. The fourth-order valence-corrected chi connectivity index (χ4v) is 3.04. The molecule has 0 saturated carbocycles. The number of carbonyl (C=O) groups excluding carboxylic acids is 1. The van der Waals surface area contributed by atoms with Crippen LogP contribution in [0.1, 0.15) is 24.2 Å². The molecule has 2 rings (SSSR count). The number of carbonyl (C=O) groups is 1. The van der Waals surface area contributed by atoms with Crippen molar-refractivity contribution in [2.24, 2.45) is 0 Å². The molecule has 1 aromatic rings. The van der Waals surface area contributed by atoms with E-state index >= 15 is 0 Å². The van der Waals surface area contributed by atoms with E-state index in [4.69, 9.17) is 4.74 Å². The summed E-state index contributed by atoms with van der Waals surface area (Å²) in [5.41, 5.74) is 0.368. The third-order valence-electron chi connectivity index (χ3n) is 3.53. The smallest absolute Gasteiger partial charge is 0.254 e. The average Bonchev–Trinajstić information content (AvgIpc) is 2.49. The van der Waals surface area contributed by atoms with Crippen LogP contribution in [0, 0.1) is 0 Å². The summed E-state index contributed by atoms with van der Waals surface area (Å²) in [6.07, 6.45) is -0.0191. The predicted molar refractivity (Wildman–Crippen MR) is 78.6 cm³/mol. The number of benzene rings is 1. The van der Waals surface area contributed by atoms with Gasteiger partial charge in [0, 0.05) is 12.1 Å². The molecule has 0 aliphatic carbocycles. The van der Waals surface area contributed by atoms with Crippen molar-refractivity contribution in [3.8, 4) is 0 Å². The summed E-state index contributed by atoms with van der Waals surface area (Å²) >= 11 is 0. The molecule has 2 atom stereocenters. The molecule has 6 nitrogen and oxygen atoms in total. The van der Waals surface area contributed by atoms with Crippen molar-refractivity contribution in [1.29, 1.82) is 0 Å². The Kier molecular flexibility index (Phi) is 4.65. The van der Waals surface area contributed by atoms with Crippen molar-refractivity contribution in [3.05, 3.63) is 29.8 Å². The summed E-state index contributed by atoms with van der Waals surface area (Å²) in [4.78, 5) is 14.4. The molecule has 21 heavy (non-hydrogen) atoms. The first-order valence-corrected chi connectivity index (χ1v) is 8.29. The predicted octanol–water partition coefficient (Wildman–Crippen LogP) is 0.844. The van der Waals surface area contributed by atoms with Crippen LogP contribution in [0.4, 0.5) is 0 Å². The number of hydrogen-bond acceptors (Lipinski definition) is 4. The topological polar surface area (TPSA) is 75.7 Å². The van der Waals surface area contributed by atoms with E-state index in [2.05, 4.69) is 4.72 Å². The zero-order valence-corrected chi connectivity index (χ0v) is 13.2. The van der Waals surface area contributed by atoms with Crippen LogP contribution < -0.4 is 4.72 Å². The molecule has 116 valence electrons. The Balaban J connectivity index is 2.29. The van der Waals surface area contributed by atoms with E-state index in [1.807, 2.05) is 13.8 Å². The highest BCUT2D eigenvalue weighted by molar-refractivity contribution is 7.89. The molecule has 1 aromatic carbocycles. The Morgan fingerprint density at radius 3 is 2.76 bits per heavy atom. The number of morpholine rings is 1. The van der Waals surface area contributed by atoms with Crippen molar-refractivity contribution < 1.29 is 17.9 Å². The SMILES string of the molecule is CNS(=O)(=O)c1cccc(C(=O)N2C[C@H](C)OC[C@H]2C)c1. The number of ether oxygens (including phenoxy) is 1. The molecule has 0 spiro atoms. The summed E-state index contributed by atoms with van der Waals surface area (Å²) in [6.45, 7) is 4.82. The molecule has 1 aliphatic heterocycles. The van der Waals surface area contributed by atoms with E-state index in [1.54, 1.807) is 17.0 Å². The Bertz CT molecular complexity index is 630. The first-order chi connectivity index (χ1) is 9.85. The van der Waals surface area contributed by atoms with Crippen LogP contribution in [-0.4, -0.2) is 51.6 Å². The summed E-state index contributed by atoms with van der Waals surface area (Å²) in [5, 5.41) is 0. The van der Waals surface area contributed by atoms with Crippen molar-refractivity contribution in [3.63, 3.8) is 0 Å². The number of nitrogens with zero attached hydrogens (tertiary/aromatic N) is 1. The van der Waals surface area contributed by atoms with Gasteiger partial charge in [0.1, 0.15) is 0 Å². The number of sulfonamides is 1. The van der Waals surface area contributed by atoms with Gasteiger partial charge >= 0.3 is 0 Å². The van der Waals surface area contributed by atoms with Gasteiger partial charge in [0.2, 0.25) is 10.0 Å². The maximum atomic E-state index is 12.6. The largest absolute Gasteiger partial charge is 0.375 e. The second kappa shape index (κ2) is 6.13. The fourth-order valence-electron chi connectivity index (χ4n) is 2.27. The van der Waals surface area contributed by atoms with Crippen molar-refractivity contribution in [2.75, 3.05) is 20.2 Å². The first kappa shape index (κ1) is 15.9. The Hall–Kier alpha value is -1.44. The third-order valence-corrected chi connectivity index (χ3v) is 4.94. The minimum atomic E-state index is -3.55. The highest BCUT2D eigenvalue weighted by Gasteiger charge is 2.28. The second-order valence-corrected chi connectivity index (χ2v) is 7.07. The Morgan fingerprint density at radius 2 is 2.10 bits per heavy atom. The van der Waals surface area contributed by atoms with Gasteiger partial charge in [-0.2, -0.15) is 0 Å². The standard InChI is InChI=1S/C14H20N2O4S/c1-10-9-20-11(2)8-16(10)14(17)12-5-4-6-13(7-12)21(18,19)15-3/h4-7,10-11,15H,8-9H2,1-3H3/t10-,11+/m1/s1. The maximum absolute atomic E-state index is 12.6. The number of rotatable bonds is 3. The van der Waals surface area contributed by atoms with E-state index in [-0.39, 0.29) is 22.9 Å². The monoisotopic (exact) mass is 312 g/mol. The molecule has 0 unspecified atom stereocenters. The van der Waals surface area contributed by atoms with Crippen LogP contribution in [0.25, 0.3) is 0 Å². The normalized spacial score (nSPS) is 23.1. The molecule has 1 fully saturated rings. The minimum absolute atomic E-state index is 0.0191. The van der Waals surface area contributed by atoms with E-state index in [0.717, 1.165) is 0 Å². The van der Waals surface area contributed by atoms with Crippen LogP contribution in [-0.2, 0) is 14.8 Å². The molecule has 1 amide bonds. The lowest BCUT2D eigenvalue weighted by molar-refractivity contribution is -0.0387. The van der Waals surface area contributed by atoms with Crippen LogP contribution in [0.15, 0.2) is 29.2 Å². The summed E-state index contributed by atoms with van der Waals surface area (Å²) in [5.74, 6) is -0.175. The molecule has 0 bridgehead atoms. The molecular formula is C14H20N2O4S. The van der Waals surface area contributed by atoms with E-state index in [0.29, 0.717) is 18.7 Å². The number of hydrogen-bond donors (Lipinski definition) is 1. The Labute approximate surface area is 125 Å². The van der Waals surface area contributed by atoms with Crippen LogP contribution in [0.5, 0.6) is 0 Å². The molecule has 1 aliphatic rings. The lowest BCUT2D eigenvalue weighted by Crippen LogP contribution is -2.50. The zero-order valence-electron chi connectivity index (χ0n) is 12.4. The van der Waals surface area contributed by atoms with Crippen molar-refractivity contribution in [2.45, 2.75) is 30.9 Å². The average molecular weight is 312 g/mol. The summed E-state index contributed by atoms with van der Waals surface area (Å²) in [7, 11) is -2.21. The van der Waals surface area contributed by atoms with Crippen LogP contribution in [0.2, 0.25) is 0 Å². The Morgan fingerprint density at radius 1 is 1.38 bits per heavy atom. The summed E-state index contributed by atoms with van der Waals surface area (Å²) < 4.78 is 31.4. The molecule has 1 saturated heterocycles. The van der Waals surface area contributed by atoms with Gasteiger partial charge in [-0.25, -0.2) is 13.1 Å². The van der Waals surface area contributed by atoms with E-state index in [9.17, 15) is 13.2 Å². The van der Waals surface area contributed by atoms with Crippen LogP contribution in [0.3, 0.4) is 0 Å². The summed E-state index contributed by atoms with van der Waals surface area (Å²) in [6, 6.07) is 6.04. The van der Waals surface area contributed by atoms with Gasteiger partial charge in [0.05, 0.1) is 23.6 Å². The molecule has 0 radical (unpaired) electrons. The zero-order chi connectivity index (χ0) is 15.6. The van der Waals surface area contributed by atoms with Crippen molar-refractivity contribution in [1.82, 2.24) is 9.62 Å². The van der Waals surface area contributed by atoms with Gasteiger partial charge in [0.25, 0.3) is 5.91 Å². The van der Waals surface area contributed by atoms with Gasteiger partial charge in [-0.3, -0.25) is 4.79 Å². The highest BCUT2D eigenvalue weighted by Crippen LogP contribution is 2.18. The van der Waals surface area contributed by atoms with Crippen LogP contribution >= 0.6 is 0 Å². The van der Waals surface area contributed by atoms with Gasteiger partial charge in [0.15, 0.2) is 0 Å². The lowest BCUT2D eigenvalue weighted by atomic mass is 10.1. The maximum Gasteiger partial charge on any atom is 0.254 e. The quantitative estimate of drug-likeness (QED) is 0.897. The highest BCUT2D eigenvalue weighted by atomic mass is 32.2. The van der Waals surface area contributed by atoms with Gasteiger partial charge < -0.3 is 9.64 Å². The first-order valence-electron chi connectivity index (χ1n) is 6.81. The molecule has 1 N–H and O–H groups in total. The third kappa shape index (κ3) is 3.42. The minimum Gasteiger partial charge on any atom is -0.375 e. The molecular weight excluding hydrogens is 292 g/mol. The van der Waals surface area contributed by atoms with E-state index < -0.39 is 10.0 Å². The van der Waals surface area contributed by atoms with Gasteiger partial charge in [-0.15, -0.1) is 0 Å². The van der Waals surface area contributed by atoms with Gasteiger partial charge in [-0.1, -0.05) is 6.07 Å². The molecule has 7 heteroatoms. The fraction of sp³-hybridized carbons (Fsp3) is 0.500.